The van der Waals surface area contributed by atoms with E-state index >= 15 is 0 Å². The molecule has 0 aromatic heterocycles. The van der Waals surface area contributed by atoms with Crippen LogP contribution in [0.5, 0.6) is 0 Å². The molecule has 5 heteroatoms. The first kappa shape index (κ1) is 16.6. The molecule has 0 aliphatic carbocycles. The Morgan fingerprint density at radius 1 is 1.33 bits per heavy atom. The first-order valence-electron chi connectivity index (χ1n) is 6.28. The maximum atomic E-state index is 11.3. The maximum absolute atomic E-state index is 11.3. The van der Waals surface area contributed by atoms with Crippen LogP contribution in [0.4, 0.5) is 0 Å². The third-order valence-corrected chi connectivity index (χ3v) is 2.30. The van der Waals surface area contributed by atoms with Crippen LogP contribution in [0.1, 0.15) is 33.6 Å². The summed E-state index contributed by atoms with van der Waals surface area (Å²) in [5.74, 6) is -0.262. The number of rotatable bonds is 8. The van der Waals surface area contributed by atoms with Crippen molar-refractivity contribution in [3.63, 3.8) is 0 Å². The Balaban J connectivity index is 3.81. The van der Waals surface area contributed by atoms with Crippen LogP contribution in [0.15, 0.2) is 11.6 Å². The lowest BCUT2D eigenvalue weighted by Gasteiger charge is -2.08. The highest BCUT2D eigenvalue weighted by molar-refractivity contribution is 5.88. The smallest absolute Gasteiger partial charge is 0.333 e. The summed E-state index contributed by atoms with van der Waals surface area (Å²) in [7, 11) is 1.37. The molecule has 0 heterocycles. The van der Waals surface area contributed by atoms with Gasteiger partial charge in [0, 0.05) is 31.1 Å². The number of hydrogen-bond acceptors (Lipinski definition) is 4. The van der Waals surface area contributed by atoms with Crippen molar-refractivity contribution in [2.75, 3.05) is 20.2 Å². The SMILES string of the molecule is CCC(=CCNCCC(=O)NC(C)C)C(=O)OC. The average Bonchev–Trinajstić information content (AvgIpc) is 2.32. The van der Waals surface area contributed by atoms with Gasteiger partial charge in [0.2, 0.25) is 5.91 Å². The molecule has 0 atom stereocenters. The second-order valence-corrected chi connectivity index (χ2v) is 4.25. The third-order valence-electron chi connectivity index (χ3n) is 2.30. The summed E-state index contributed by atoms with van der Waals surface area (Å²) >= 11 is 0. The summed E-state index contributed by atoms with van der Waals surface area (Å²) in [6.45, 7) is 6.91. The van der Waals surface area contributed by atoms with E-state index in [0.29, 0.717) is 31.5 Å². The van der Waals surface area contributed by atoms with Crippen molar-refractivity contribution in [1.29, 1.82) is 0 Å². The van der Waals surface area contributed by atoms with Crippen LogP contribution in [0, 0.1) is 0 Å². The zero-order valence-corrected chi connectivity index (χ0v) is 11.7. The quantitative estimate of drug-likeness (QED) is 0.386. The number of carbonyl (C=O) groups excluding carboxylic acids is 2. The summed E-state index contributed by atoms with van der Waals surface area (Å²) in [5, 5.41) is 5.90. The molecule has 0 aliphatic heterocycles. The number of nitrogens with one attached hydrogen (secondary N) is 2. The van der Waals surface area contributed by atoms with Crippen molar-refractivity contribution in [2.45, 2.75) is 39.7 Å². The van der Waals surface area contributed by atoms with E-state index in [1.54, 1.807) is 6.08 Å². The molecule has 0 radical (unpaired) electrons. The molecule has 5 nitrogen and oxygen atoms in total. The van der Waals surface area contributed by atoms with Crippen molar-refractivity contribution in [3.05, 3.63) is 11.6 Å². The fraction of sp³-hybridized carbons (Fsp3) is 0.692. The summed E-state index contributed by atoms with van der Waals surface area (Å²) in [6, 6.07) is 0.170. The van der Waals surface area contributed by atoms with Crippen molar-refractivity contribution < 1.29 is 14.3 Å². The van der Waals surface area contributed by atoms with Crippen molar-refractivity contribution >= 4 is 11.9 Å². The number of esters is 1. The molecule has 104 valence electrons. The maximum Gasteiger partial charge on any atom is 0.333 e. The summed E-state index contributed by atoms with van der Waals surface area (Å²) < 4.78 is 4.64. The topological polar surface area (TPSA) is 67.4 Å². The average molecular weight is 256 g/mol. The Hall–Kier alpha value is -1.36. The van der Waals surface area contributed by atoms with Gasteiger partial charge in [-0.25, -0.2) is 4.79 Å². The van der Waals surface area contributed by atoms with Gasteiger partial charge in [-0.3, -0.25) is 4.79 Å². The highest BCUT2D eigenvalue weighted by Gasteiger charge is 2.06. The molecule has 18 heavy (non-hydrogen) atoms. The Labute approximate surface area is 109 Å². The minimum absolute atomic E-state index is 0.0326. The minimum atomic E-state index is -0.295. The predicted octanol–water partition coefficient (Wildman–Crippen LogP) is 1.00. The molecule has 2 N–H and O–H groups in total. The number of amides is 1. The largest absolute Gasteiger partial charge is 0.466 e. The van der Waals surface area contributed by atoms with Gasteiger partial charge in [-0.1, -0.05) is 13.0 Å². The van der Waals surface area contributed by atoms with Crippen LogP contribution in [0.3, 0.4) is 0 Å². The van der Waals surface area contributed by atoms with Gasteiger partial charge in [-0.05, 0) is 20.3 Å². The second-order valence-electron chi connectivity index (χ2n) is 4.25. The molecular weight excluding hydrogens is 232 g/mol. The molecule has 0 aromatic carbocycles. The first-order chi connectivity index (χ1) is 8.51. The Bertz CT molecular complexity index is 299. The summed E-state index contributed by atoms with van der Waals surface area (Å²) in [5.41, 5.74) is 0.650. The fourth-order valence-electron chi connectivity index (χ4n) is 1.40. The van der Waals surface area contributed by atoms with E-state index in [2.05, 4.69) is 15.4 Å². The first-order valence-corrected chi connectivity index (χ1v) is 6.28. The monoisotopic (exact) mass is 256 g/mol. The summed E-state index contributed by atoms with van der Waals surface area (Å²) in [4.78, 5) is 22.6. The Morgan fingerprint density at radius 2 is 2.00 bits per heavy atom. The van der Waals surface area contributed by atoms with Crippen LogP contribution in [0.2, 0.25) is 0 Å². The van der Waals surface area contributed by atoms with Crippen molar-refractivity contribution in [1.82, 2.24) is 10.6 Å². The minimum Gasteiger partial charge on any atom is -0.466 e. The van der Waals surface area contributed by atoms with Crippen LogP contribution in [-0.2, 0) is 14.3 Å². The molecular formula is C13H24N2O3. The van der Waals surface area contributed by atoms with Crippen LogP contribution in [-0.4, -0.2) is 38.1 Å². The zero-order chi connectivity index (χ0) is 14.0. The van der Waals surface area contributed by atoms with Gasteiger partial charge in [0.05, 0.1) is 7.11 Å². The molecule has 0 saturated heterocycles. The molecule has 0 fully saturated rings. The van der Waals surface area contributed by atoms with Gasteiger partial charge in [0.1, 0.15) is 0 Å². The van der Waals surface area contributed by atoms with Gasteiger partial charge in [0.15, 0.2) is 0 Å². The lowest BCUT2D eigenvalue weighted by Crippen LogP contribution is -2.32. The number of carbonyl (C=O) groups is 2. The van der Waals surface area contributed by atoms with E-state index in [9.17, 15) is 9.59 Å². The highest BCUT2D eigenvalue weighted by atomic mass is 16.5. The second kappa shape index (κ2) is 9.65. The van der Waals surface area contributed by atoms with Gasteiger partial charge in [0.25, 0.3) is 0 Å². The third kappa shape index (κ3) is 7.84. The molecule has 0 aliphatic rings. The van der Waals surface area contributed by atoms with E-state index in [1.807, 2.05) is 20.8 Å². The Kier molecular flexibility index (Phi) is 8.92. The van der Waals surface area contributed by atoms with E-state index in [4.69, 9.17) is 0 Å². The number of methoxy groups -OCH3 is 1. The van der Waals surface area contributed by atoms with Crippen LogP contribution < -0.4 is 10.6 Å². The number of hydrogen-bond donors (Lipinski definition) is 2. The van der Waals surface area contributed by atoms with E-state index in [1.165, 1.54) is 7.11 Å². The highest BCUT2D eigenvalue weighted by Crippen LogP contribution is 2.01. The van der Waals surface area contributed by atoms with Crippen LogP contribution >= 0.6 is 0 Å². The van der Waals surface area contributed by atoms with E-state index in [-0.39, 0.29) is 17.9 Å². The van der Waals surface area contributed by atoms with E-state index in [0.717, 1.165) is 0 Å². The zero-order valence-electron chi connectivity index (χ0n) is 11.7. The molecule has 0 rings (SSSR count). The normalized spacial score (nSPS) is 11.5. The number of ether oxygens (including phenoxy) is 1. The fourth-order valence-corrected chi connectivity index (χ4v) is 1.40. The van der Waals surface area contributed by atoms with Crippen LogP contribution in [0.25, 0.3) is 0 Å². The molecule has 0 aromatic rings. The van der Waals surface area contributed by atoms with Crippen molar-refractivity contribution in [2.24, 2.45) is 0 Å². The van der Waals surface area contributed by atoms with E-state index < -0.39 is 0 Å². The lowest BCUT2D eigenvalue weighted by molar-refractivity contribution is -0.136. The van der Waals surface area contributed by atoms with Crippen molar-refractivity contribution in [3.8, 4) is 0 Å². The molecule has 0 bridgehead atoms. The Morgan fingerprint density at radius 3 is 2.50 bits per heavy atom. The predicted molar refractivity (Wildman–Crippen MR) is 71.2 cm³/mol. The molecule has 0 spiro atoms. The summed E-state index contributed by atoms with van der Waals surface area (Å²) in [6.07, 6.45) is 2.88. The molecule has 0 unspecified atom stereocenters. The standard InChI is InChI=1S/C13H24N2O3/c1-5-11(13(17)18-4)6-8-14-9-7-12(16)15-10(2)3/h6,10,14H,5,7-9H2,1-4H3,(H,15,16). The van der Waals surface area contributed by atoms with Gasteiger partial charge >= 0.3 is 5.97 Å². The van der Waals surface area contributed by atoms with Gasteiger partial charge in [-0.15, -0.1) is 0 Å². The van der Waals surface area contributed by atoms with Gasteiger partial charge in [-0.2, -0.15) is 0 Å². The molecule has 1 amide bonds. The van der Waals surface area contributed by atoms with Gasteiger partial charge < -0.3 is 15.4 Å². The lowest BCUT2D eigenvalue weighted by atomic mass is 10.2. The molecule has 0 saturated carbocycles.